The molecular formula is C8H4F10O4. The molecule has 0 aromatic carbocycles. The van der Waals surface area contributed by atoms with E-state index in [1.165, 1.54) is 0 Å². The van der Waals surface area contributed by atoms with E-state index < -0.39 is 49.4 Å². The predicted octanol–water partition coefficient (Wildman–Crippen LogP) is 2.47. The second-order valence-electron chi connectivity index (χ2n) is 3.46. The Bertz CT molecular complexity index is 395. The fourth-order valence-corrected chi connectivity index (χ4v) is 0.837. The number of hydrogen-bond donors (Lipinski definition) is 0. The summed E-state index contributed by atoms with van der Waals surface area (Å²) in [6.45, 7) is -2.41. The van der Waals surface area contributed by atoms with Gasteiger partial charge in [0.15, 0.2) is 0 Å². The lowest BCUT2D eigenvalue weighted by Gasteiger charge is -2.23. The standard InChI is InChI=1S/C8H4F10O4/c9-1-2(6(10,11)12)21-3(19)4(20)22-5(7(13,14)15)8(16,17)18/h2,5H,1H2. The van der Waals surface area contributed by atoms with Crippen molar-refractivity contribution in [3.8, 4) is 0 Å². The number of halogens is 10. The maximum atomic E-state index is 12.0. The highest BCUT2D eigenvalue weighted by Gasteiger charge is 2.60. The highest BCUT2D eigenvalue weighted by Crippen LogP contribution is 2.35. The summed E-state index contributed by atoms with van der Waals surface area (Å²) in [6, 6.07) is 0. The van der Waals surface area contributed by atoms with Gasteiger partial charge in [-0.2, -0.15) is 39.5 Å². The third-order valence-corrected chi connectivity index (χ3v) is 1.74. The van der Waals surface area contributed by atoms with Gasteiger partial charge < -0.3 is 9.47 Å². The van der Waals surface area contributed by atoms with Gasteiger partial charge in [0, 0.05) is 0 Å². The van der Waals surface area contributed by atoms with Crippen LogP contribution in [-0.4, -0.2) is 49.4 Å². The number of ether oxygens (including phenoxy) is 2. The summed E-state index contributed by atoms with van der Waals surface area (Å²) < 4.78 is 125. The molecule has 0 saturated carbocycles. The lowest BCUT2D eigenvalue weighted by Crippen LogP contribution is -2.47. The lowest BCUT2D eigenvalue weighted by molar-refractivity contribution is -0.313. The van der Waals surface area contributed by atoms with Crippen LogP contribution in [0.5, 0.6) is 0 Å². The molecule has 0 rings (SSSR count). The molecule has 0 fully saturated rings. The summed E-state index contributed by atoms with van der Waals surface area (Å²) in [5, 5.41) is 0. The number of carbonyl (C=O) groups excluding carboxylic acids is 2. The zero-order valence-electron chi connectivity index (χ0n) is 9.77. The van der Waals surface area contributed by atoms with Crippen molar-refractivity contribution in [1.29, 1.82) is 0 Å². The maximum absolute atomic E-state index is 12.0. The van der Waals surface area contributed by atoms with Crippen LogP contribution in [-0.2, 0) is 19.1 Å². The number of esters is 2. The van der Waals surface area contributed by atoms with Gasteiger partial charge in [0.1, 0.15) is 6.67 Å². The Morgan fingerprint density at radius 2 is 1.09 bits per heavy atom. The molecule has 1 unspecified atom stereocenters. The van der Waals surface area contributed by atoms with Gasteiger partial charge in [-0.15, -0.1) is 0 Å². The van der Waals surface area contributed by atoms with E-state index in [0.717, 1.165) is 0 Å². The molecule has 0 saturated heterocycles. The summed E-state index contributed by atoms with van der Waals surface area (Å²) in [5.74, 6) is -5.87. The first-order chi connectivity index (χ1) is 9.60. The van der Waals surface area contributed by atoms with Crippen LogP contribution in [0.25, 0.3) is 0 Å². The minimum atomic E-state index is -6.18. The van der Waals surface area contributed by atoms with E-state index in [1.807, 2.05) is 0 Å². The fraction of sp³-hybridized carbons (Fsp3) is 0.750. The van der Waals surface area contributed by atoms with E-state index >= 15 is 0 Å². The second-order valence-corrected chi connectivity index (χ2v) is 3.46. The van der Waals surface area contributed by atoms with Crippen LogP contribution in [0.4, 0.5) is 43.9 Å². The summed E-state index contributed by atoms with van der Waals surface area (Å²) in [4.78, 5) is 21.3. The van der Waals surface area contributed by atoms with Crippen LogP contribution >= 0.6 is 0 Å². The van der Waals surface area contributed by atoms with Gasteiger partial charge in [-0.25, -0.2) is 14.0 Å². The van der Waals surface area contributed by atoms with E-state index in [9.17, 15) is 53.5 Å². The van der Waals surface area contributed by atoms with Gasteiger partial charge in [0.2, 0.25) is 6.10 Å². The molecule has 1 atom stereocenters. The monoisotopic (exact) mass is 354 g/mol. The van der Waals surface area contributed by atoms with Crippen molar-refractivity contribution in [3.05, 3.63) is 0 Å². The number of rotatable bonds is 3. The van der Waals surface area contributed by atoms with Crippen molar-refractivity contribution in [1.82, 2.24) is 0 Å². The van der Waals surface area contributed by atoms with Crippen LogP contribution in [0.2, 0.25) is 0 Å². The first-order valence-electron chi connectivity index (χ1n) is 4.78. The van der Waals surface area contributed by atoms with Gasteiger partial charge in [-0.1, -0.05) is 0 Å². The molecule has 0 amide bonds. The molecule has 0 N–H and O–H groups in total. The van der Waals surface area contributed by atoms with Crippen LogP contribution in [0.3, 0.4) is 0 Å². The second kappa shape index (κ2) is 6.56. The predicted molar refractivity (Wildman–Crippen MR) is 43.9 cm³/mol. The Kier molecular flexibility index (Phi) is 6.03. The molecular weight excluding hydrogens is 350 g/mol. The van der Waals surface area contributed by atoms with Crippen LogP contribution < -0.4 is 0 Å². The molecule has 0 spiro atoms. The average Bonchev–Trinajstić information content (AvgIpc) is 2.27. The van der Waals surface area contributed by atoms with Gasteiger partial charge in [-0.05, 0) is 0 Å². The number of alkyl halides is 10. The zero-order chi connectivity index (χ0) is 17.9. The van der Waals surface area contributed by atoms with Crippen molar-refractivity contribution in [2.24, 2.45) is 0 Å². The molecule has 14 heteroatoms. The smallest absolute Gasteiger partial charge is 0.434 e. The summed E-state index contributed by atoms with van der Waals surface area (Å²) in [5.41, 5.74) is 0. The molecule has 22 heavy (non-hydrogen) atoms. The van der Waals surface area contributed by atoms with E-state index in [2.05, 4.69) is 9.47 Å². The third-order valence-electron chi connectivity index (χ3n) is 1.74. The van der Waals surface area contributed by atoms with Crippen molar-refractivity contribution in [3.63, 3.8) is 0 Å². The summed E-state index contributed by atoms with van der Waals surface area (Å²) >= 11 is 0. The highest BCUT2D eigenvalue weighted by atomic mass is 19.4. The average molecular weight is 354 g/mol. The first-order valence-corrected chi connectivity index (χ1v) is 4.78. The largest absolute Gasteiger partial charge is 0.441 e. The lowest BCUT2D eigenvalue weighted by atomic mass is 10.3. The van der Waals surface area contributed by atoms with Crippen molar-refractivity contribution < 1.29 is 63.0 Å². The van der Waals surface area contributed by atoms with Crippen molar-refractivity contribution in [2.75, 3.05) is 6.67 Å². The van der Waals surface area contributed by atoms with E-state index in [0.29, 0.717) is 0 Å². The Morgan fingerprint density at radius 3 is 1.36 bits per heavy atom. The SMILES string of the molecule is O=C(OC(CF)C(F)(F)F)C(=O)OC(C(F)(F)F)C(F)(F)F. The molecule has 0 bridgehead atoms. The molecule has 0 aromatic heterocycles. The Labute approximate surface area is 113 Å². The normalized spacial score (nSPS) is 14.7. The maximum Gasteiger partial charge on any atom is 0.434 e. The van der Waals surface area contributed by atoms with Crippen LogP contribution in [0, 0.1) is 0 Å². The third kappa shape index (κ3) is 5.93. The van der Waals surface area contributed by atoms with Crippen molar-refractivity contribution >= 4 is 11.9 Å². The summed E-state index contributed by atoms with van der Waals surface area (Å²) in [7, 11) is 0. The Balaban J connectivity index is 5.01. The van der Waals surface area contributed by atoms with E-state index in [-0.39, 0.29) is 0 Å². The minimum absolute atomic E-state index is 2.41. The quantitative estimate of drug-likeness (QED) is 0.444. The molecule has 0 radical (unpaired) electrons. The molecule has 0 aliphatic carbocycles. The molecule has 0 aromatic rings. The molecule has 0 aliphatic heterocycles. The van der Waals surface area contributed by atoms with E-state index in [1.54, 1.807) is 0 Å². The van der Waals surface area contributed by atoms with Crippen LogP contribution in [0.1, 0.15) is 0 Å². The molecule has 0 aliphatic rings. The van der Waals surface area contributed by atoms with Gasteiger partial charge in [-0.3, -0.25) is 0 Å². The van der Waals surface area contributed by atoms with Gasteiger partial charge in [0.25, 0.3) is 6.10 Å². The first kappa shape index (κ1) is 20.2. The molecule has 130 valence electrons. The zero-order valence-corrected chi connectivity index (χ0v) is 9.77. The van der Waals surface area contributed by atoms with E-state index in [4.69, 9.17) is 0 Å². The molecule has 4 nitrogen and oxygen atoms in total. The Hall–Kier alpha value is -1.76. The highest BCUT2D eigenvalue weighted by molar-refractivity contribution is 6.29. The number of hydrogen-bond acceptors (Lipinski definition) is 4. The topological polar surface area (TPSA) is 52.6 Å². The minimum Gasteiger partial charge on any atom is -0.441 e. The van der Waals surface area contributed by atoms with Crippen LogP contribution in [0.15, 0.2) is 0 Å². The summed E-state index contributed by atoms with van der Waals surface area (Å²) in [6.07, 6.45) is -26.2. The molecule has 0 heterocycles. The Morgan fingerprint density at radius 1 is 0.727 bits per heavy atom. The fourth-order valence-electron chi connectivity index (χ4n) is 0.837. The number of carbonyl (C=O) groups is 2. The van der Waals surface area contributed by atoms with Crippen molar-refractivity contribution in [2.45, 2.75) is 30.7 Å². The van der Waals surface area contributed by atoms with Gasteiger partial charge >= 0.3 is 30.5 Å². The van der Waals surface area contributed by atoms with Gasteiger partial charge in [0.05, 0.1) is 0 Å².